The average Bonchev–Trinajstić information content (AvgIpc) is 3.04. The first-order chi connectivity index (χ1) is 10.1. The number of nitrogens with zero attached hydrogens (tertiary/aromatic N) is 4. The van der Waals surface area contributed by atoms with E-state index in [0.29, 0.717) is 21.8 Å². The largest absolute Gasteiger partial charge is 0.361 e. The zero-order valence-corrected chi connectivity index (χ0v) is 12.7. The molecule has 0 fully saturated rings. The first-order valence-corrected chi connectivity index (χ1v) is 7.52. The fourth-order valence-electron chi connectivity index (χ4n) is 1.83. The maximum absolute atomic E-state index is 6.15. The number of aromatic nitrogens is 4. The molecule has 0 amide bonds. The lowest BCUT2D eigenvalue weighted by molar-refractivity contribution is 0.393. The van der Waals surface area contributed by atoms with Gasteiger partial charge in [0.2, 0.25) is 5.16 Å². The third-order valence-electron chi connectivity index (χ3n) is 2.81. The molecule has 0 bridgehead atoms. The predicted molar refractivity (Wildman–Crippen MR) is 81.4 cm³/mol. The Morgan fingerprint density at radius 3 is 2.86 bits per heavy atom. The van der Waals surface area contributed by atoms with Gasteiger partial charge >= 0.3 is 0 Å². The Kier molecular flexibility index (Phi) is 3.85. The lowest BCUT2D eigenvalue weighted by Gasteiger charge is -2.04. The summed E-state index contributed by atoms with van der Waals surface area (Å²) in [6.45, 7) is 1.85. The molecule has 21 heavy (non-hydrogen) atoms. The van der Waals surface area contributed by atoms with Crippen LogP contribution in [0.25, 0.3) is 11.4 Å². The monoisotopic (exact) mass is 321 g/mol. The van der Waals surface area contributed by atoms with Crippen molar-refractivity contribution in [3.05, 3.63) is 46.8 Å². The van der Waals surface area contributed by atoms with Gasteiger partial charge in [-0.2, -0.15) is 0 Å². The van der Waals surface area contributed by atoms with Crippen LogP contribution >= 0.6 is 23.4 Å². The Morgan fingerprint density at radius 1 is 1.33 bits per heavy atom. The average molecular weight is 322 g/mol. The van der Waals surface area contributed by atoms with Gasteiger partial charge in [0.25, 0.3) is 0 Å². The number of thioether (sulfide) groups is 1. The van der Waals surface area contributed by atoms with Crippen molar-refractivity contribution in [3.63, 3.8) is 0 Å². The molecular weight excluding hydrogens is 310 g/mol. The third-order valence-corrected chi connectivity index (χ3v) is 4.11. The number of hydrogen-bond acceptors (Lipinski definition) is 6. The number of halogens is 1. The highest BCUT2D eigenvalue weighted by Crippen LogP contribution is 2.28. The van der Waals surface area contributed by atoms with Crippen LogP contribution in [0.15, 0.2) is 40.0 Å². The second kappa shape index (κ2) is 5.79. The van der Waals surface area contributed by atoms with Gasteiger partial charge in [0, 0.05) is 17.4 Å². The highest BCUT2D eigenvalue weighted by Gasteiger charge is 2.15. The minimum atomic E-state index is 0.527. The number of benzene rings is 1. The van der Waals surface area contributed by atoms with Crippen LogP contribution in [0.4, 0.5) is 0 Å². The summed E-state index contributed by atoms with van der Waals surface area (Å²) >= 11 is 7.58. The Bertz CT molecular complexity index is 770. The molecule has 2 N–H and O–H groups in total. The van der Waals surface area contributed by atoms with E-state index < -0.39 is 0 Å². The molecule has 3 rings (SSSR count). The van der Waals surface area contributed by atoms with Crippen molar-refractivity contribution >= 4 is 23.4 Å². The van der Waals surface area contributed by atoms with Crippen LogP contribution in [0.1, 0.15) is 11.5 Å². The molecule has 3 aromatic rings. The van der Waals surface area contributed by atoms with Gasteiger partial charge in [0.05, 0.1) is 10.7 Å². The van der Waals surface area contributed by atoms with Gasteiger partial charge in [-0.3, -0.25) is 0 Å². The normalized spacial score (nSPS) is 11.0. The molecular formula is C13H12ClN5OS. The highest BCUT2D eigenvalue weighted by molar-refractivity contribution is 7.98. The van der Waals surface area contributed by atoms with Crippen molar-refractivity contribution in [3.8, 4) is 11.4 Å². The molecule has 0 unspecified atom stereocenters. The molecule has 0 saturated heterocycles. The first kappa shape index (κ1) is 14.0. The van der Waals surface area contributed by atoms with E-state index in [4.69, 9.17) is 22.0 Å². The topological polar surface area (TPSA) is 82.8 Å². The van der Waals surface area contributed by atoms with Gasteiger partial charge < -0.3 is 10.4 Å². The van der Waals surface area contributed by atoms with Crippen molar-refractivity contribution in [2.24, 2.45) is 0 Å². The van der Waals surface area contributed by atoms with E-state index in [-0.39, 0.29) is 0 Å². The first-order valence-electron chi connectivity index (χ1n) is 6.15. The zero-order valence-electron chi connectivity index (χ0n) is 11.2. The number of nitrogen functional groups attached to an aromatic ring is 1. The van der Waals surface area contributed by atoms with Gasteiger partial charge in [0.1, 0.15) is 5.76 Å². The van der Waals surface area contributed by atoms with Gasteiger partial charge in [-0.1, -0.05) is 40.7 Å². The molecule has 6 nitrogen and oxygen atoms in total. The fraction of sp³-hybridized carbons (Fsp3) is 0.154. The Hall–Kier alpha value is -1.99. The number of hydrogen-bond donors (Lipinski definition) is 1. The van der Waals surface area contributed by atoms with E-state index in [0.717, 1.165) is 17.0 Å². The Morgan fingerprint density at radius 2 is 2.14 bits per heavy atom. The molecule has 0 saturated carbocycles. The van der Waals surface area contributed by atoms with Crippen molar-refractivity contribution in [2.75, 3.05) is 5.84 Å². The molecule has 8 heteroatoms. The van der Waals surface area contributed by atoms with Crippen molar-refractivity contribution in [1.29, 1.82) is 0 Å². The van der Waals surface area contributed by atoms with Crippen LogP contribution in [0.2, 0.25) is 5.02 Å². The van der Waals surface area contributed by atoms with Crippen LogP contribution in [0, 0.1) is 6.92 Å². The van der Waals surface area contributed by atoms with E-state index in [1.807, 2.05) is 31.2 Å². The van der Waals surface area contributed by atoms with E-state index in [9.17, 15) is 0 Å². The molecule has 2 heterocycles. The summed E-state index contributed by atoms with van der Waals surface area (Å²) in [5, 5.41) is 13.3. The lowest BCUT2D eigenvalue weighted by atomic mass is 10.2. The minimum Gasteiger partial charge on any atom is -0.361 e. The Labute approximate surface area is 130 Å². The number of rotatable bonds is 4. The standard InChI is InChI=1S/C13H12ClN5OS/c1-8-6-9(18-20-8)7-21-13-17-16-12(19(13)15)10-4-2-3-5-11(10)14/h2-6H,7,15H2,1H3. The van der Waals surface area contributed by atoms with Gasteiger partial charge in [-0.25, -0.2) is 4.68 Å². The molecule has 0 radical (unpaired) electrons. The summed E-state index contributed by atoms with van der Waals surface area (Å²) in [6.07, 6.45) is 0. The Balaban J connectivity index is 1.81. The van der Waals surface area contributed by atoms with Crippen LogP contribution in [0.5, 0.6) is 0 Å². The van der Waals surface area contributed by atoms with E-state index in [2.05, 4.69) is 15.4 Å². The summed E-state index contributed by atoms with van der Waals surface area (Å²) in [5.74, 6) is 7.95. The van der Waals surface area contributed by atoms with Gasteiger partial charge in [-0.15, -0.1) is 10.2 Å². The number of aryl methyl sites for hydroxylation is 1. The molecule has 0 atom stereocenters. The maximum Gasteiger partial charge on any atom is 0.210 e. The van der Waals surface area contributed by atoms with E-state index in [1.165, 1.54) is 16.4 Å². The van der Waals surface area contributed by atoms with E-state index in [1.54, 1.807) is 6.07 Å². The third kappa shape index (κ3) is 2.88. The highest BCUT2D eigenvalue weighted by atomic mass is 35.5. The van der Waals surface area contributed by atoms with Crippen molar-refractivity contribution in [1.82, 2.24) is 20.0 Å². The molecule has 0 aliphatic heterocycles. The van der Waals surface area contributed by atoms with Crippen LogP contribution < -0.4 is 5.84 Å². The molecule has 0 spiro atoms. The lowest BCUT2D eigenvalue weighted by Crippen LogP contribution is -2.11. The molecule has 1 aromatic carbocycles. The predicted octanol–water partition coefficient (Wildman–Crippen LogP) is 2.90. The summed E-state index contributed by atoms with van der Waals surface area (Å²) in [4.78, 5) is 0. The smallest absolute Gasteiger partial charge is 0.210 e. The molecule has 2 aromatic heterocycles. The van der Waals surface area contributed by atoms with E-state index >= 15 is 0 Å². The van der Waals surface area contributed by atoms with Crippen LogP contribution in [-0.2, 0) is 5.75 Å². The second-order valence-corrected chi connectivity index (χ2v) is 5.72. The van der Waals surface area contributed by atoms with Crippen molar-refractivity contribution in [2.45, 2.75) is 17.8 Å². The zero-order chi connectivity index (χ0) is 14.8. The summed E-state index contributed by atoms with van der Waals surface area (Å²) in [5.41, 5.74) is 1.58. The second-order valence-electron chi connectivity index (χ2n) is 4.37. The summed E-state index contributed by atoms with van der Waals surface area (Å²) < 4.78 is 6.45. The minimum absolute atomic E-state index is 0.527. The van der Waals surface area contributed by atoms with Crippen molar-refractivity contribution < 1.29 is 4.52 Å². The van der Waals surface area contributed by atoms with Gasteiger partial charge in [0.15, 0.2) is 5.82 Å². The fourth-order valence-corrected chi connectivity index (χ4v) is 2.78. The quantitative estimate of drug-likeness (QED) is 0.587. The number of nitrogens with two attached hydrogens (primary N) is 1. The summed E-state index contributed by atoms with van der Waals surface area (Å²) in [7, 11) is 0. The molecule has 0 aliphatic rings. The summed E-state index contributed by atoms with van der Waals surface area (Å²) in [6, 6.07) is 9.24. The van der Waals surface area contributed by atoms with Crippen LogP contribution in [-0.4, -0.2) is 20.0 Å². The van der Waals surface area contributed by atoms with Gasteiger partial charge in [-0.05, 0) is 19.1 Å². The van der Waals surface area contributed by atoms with Crippen LogP contribution in [0.3, 0.4) is 0 Å². The molecule has 108 valence electrons. The molecule has 0 aliphatic carbocycles. The SMILES string of the molecule is Cc1cc(CSc2nnc(-c3ccccc3Cl)n2N)no1. The maximum atomic E-state index is 6.15.